The number of β-lactam (4-membered cyclic amide) rings is 1. The molecule has 7 heteroatoms. The molecule has 0 radical (unpaired) electrons. The quantitative estimate of drug-likeness (QED) is 0.331. The van der Waals surface area contributed by atoms with E-state index in [0.717, 1.165) is 50.5 Å². The van der Waals surface area contributed by atoms with E-state index in [1.807, 2.05) is 0 Å². The fourth-order valence-corrected chi connectivity index (χ4v) is 4.95. The highest BCUT2D eigenvalue weighted by Crippen LogP contribution is 2.47. The standard InChI is InChI=1S/C18H30N2O4S/c1-4-6-8-10-13-12-25-17-18(24-3,19-11-9-7-5-2)16(23)20(17)14(13)15(21)22/h17,19H,4-12H2,1-3H3,(H,21,22)/t17-,18?/m0/s1. The number of methoxy groups -OCH3 is 1. The topological polar surface area (TPSA) is 78.9 Å². The van der Waals surface area contributed by atoms with Crippen LogP contribution in [-0.2, 0) is 14.3 Å². The molecule has 0 aromatic rings. The molecule has 1 unspecified atom stereocenters. The van der Waals surface area contributed by atoms with Gasteiger partial charge < -0.3 is 9.84 Å². The first-order valence-corrected chi connectivity index (χ1v) is 10.3. The third-order valence-corrected chi connectivity index (χ3v) is 6.26. The monoisotopic (exact) mass is 370 g/mol. The molecule has 2 N–H and O–H groups in total. The van der Waals surface area contributed by atoms with Crippen molar-refractivity contribution < 1.29 is 19.4 Å². The van der Waals surface area contributed by atoms with Gasteiger partial charge in [-0.25, -0.2) is 4.79 Å². The van der Waals surface area contributed by atoms with Gasteiger partial charge in [0.2, 0.25) is 5.72 Å². The number of carboxylic acid groups (broad SMARTS) is 1. The minimum absolute atomic E-state index is 0.174. The van der Waals surface area contributed by atoms with Crippen LogP contribution >= 0.6 is 11.8 Å². The molecule has 0 aromatic heterocycles. The van der Waals surface area contributed by atoms with Crippen molar-refractivity contribution in [2.45, 2.75) is 69.9 Å². The van der Waals surface area contributed by atoms with Crippen LogP contribution in [0.25, 0.3) is 0 Å². The van der Waals surface area contributed by atoms with Crippen LogP contribution < -0.4 is 5.32 Å². The summed E-state index contributed by atoms with van der Waals surface area (Å²) in [5, 5.41) is 12.6. The largest absolute Gasteiger partial charge is 0.477 e. The van der Waals surface area contributed by atoms with Crippen molar-refractivity contribution in [3.63, 3.8) is 0 Å². The van der Waals surface area contributed by atoms with Gasteiger partial charge in [0.15, 0.2) is 0 Å². The van der Waals surface area contributed by atoms with Crippen LogP contribution in [0.4, 0.5) is 0 Å². The second-order valence-electron chi connectivity index (χ2n) is 6.63. The summed E-state index contributed by atoms with van der Waals surface area (Å²) in [6.45, 7) is 4.94. The summed E-state index contributed by atoms with van der Waals surface area (Å²) >= 11 is 1.60. The molecule has 25 heavy (non-hydrogen) atoms. The van der Waals surface area contributed by atoms with E-state index in [-0.39, 0.29) is 17.0 Å². The zero-order valence-electron chi connectivity index (χ0n) is 15.5. The smallest absolute Gasteiger partial charge is 0.352 e. The molecule has 0 bridgehead atoms. The minimum atomic E-state index is -1.09. The van der Waals surface area contributed by atoms with E-state index in [1.54, 1.807) is 11.8 Å². The summed E-state index contributed by atoms with van der Waals surface area (Å²) in [6, 6.07) is 0. The van der Waals surface area contributed by atoms with Crippen molar-refractivity contribution in [1.29, 1.82) is 0 Å². The van der Waals surface area contributed by atoms with Gasteiger partial charge in [-0.1, -0.05) is 39.5 Å². The van der Waals surface area contributed by atoms with Crippen molar-refractivity contribution in [3.05, 3.63) is 11.3 Å². The lowest BCUT2D eigenvalue weighted by molar-refractivity contribution is -0.191. The number of carbonyl (C=O) groups is 2. The third kappa shape index (κ3) is 3.88. The molecule has 0 aliphatic carbocycles. The van der Waals surface area contributed by atoms with Gasteiger partial charge in [0, 0.05) is 12.9 Å². The van der Waals surface area contributed by atoms with Gasteiger partial charge in [0.05, 0.1) is 0 Å². The molecule has 2 aliphatic rings. The van der Waals surface area contributed by atoms with Crippen LogP contribution in [0.3, 0.4) is 0 Å². The molecule has 0 spiro atoms. The first kappa shape index (κ1) is 20.3. The van der Waals surface area contributed by atoms with Crippen LogP contribution in [0.2, 0.25) is 0 Å². The Morgan fingerprint density at radius 1 is 1.32 bits per heavy atom. The summed E-state index contributed by atoms with van der Waals surface area (Å²) in [4.78, 5) is 26.1. The molecule has 1 fully saturated rings. The van der Waals surface area contributed by atoms with Crippen molar-refractivity contribution in [3.8, 4) is 0 Å². The Bertz CT molecular complexity index is 537. The Morgan fingerprint density at radius 3 is 2.60 bits per heavy atom. The maximum absolute atomic E-state index is 12.8. The lowest BCUT2D eigenvalue weighted by Gasteiger charge is -2.56. The van der Waals surface area contributed by atoms with Crippen LogP contribution in [-0.4, -0.2) is 52.4 Å². The van der Waals surface area contributed by atoms with E-state index < -0.39 is 11.7 Å². The van der Waals surface area contributed by atoms with Crippen LogP contribution in [0, 0.1) is 0 Å². The van der Waals surface area contributed by atoms with Crippen molar-refractivity contribution in [2.75, 3.05) is 19.4 Å². The number of thioether (sulfide) groups is 1. The van der Waals surface area contributed by atoms with Gasteiger partial charge >= 0.3 is 5.97 Å². The number of carboxylic acids is 1. The summed E-state index contributed by atoms with van der Waals surface area (Å²) in [7, 11) is 1.52. The molecule has 6 nitrogen and oxygen atoms in total. The number of carbonyl (C=O) groups excluding carboxylic acids is 1. The molecule has 0 saturated carbocycles. The zero-order valence-corrected chi connectivity index (χ0v) is 16.3. The summed E-state index contributed by atoms with van der Waals surface area (Å²) in [5.74, 6) is -0.656. The molecule has 2 rings (SSSR count). The molecule has 1 saturated heterocycles. The molecule has 2 heterocycles. The average Bonchev–Trinajstić information content (AvgIpc) is 2.61. The Balaban J connectivity index is 2.15. The Morgan fingerprint density at radius 2 is 2.00 bits per heavy atom. The number of nitrogens with zero attached hydrogens (tertiary/aromatic N) is 1. The van der Waals surface area contributed by atoms with E-state index >= 15 is 0 Å². The van der Waals surface area contributed by atoms with Gasteiger partial charge in [-0.3, -0.25) is 15.0 Å². The van der Waals surface area contributed by atoms with Gasteiger partial charge in [0.25, 0.3) is 5.91 Å². The number of hydrogen-bond donors (Lipinski definition) is 2. The highest BCUT2D eigenvalue weighted by Gasteiger charge is 2.65. The Kier molecular flexibility index (Phi) is 7.34. The normalized spacial score (nSPS) is 25.8. The van der Waals surface area contributed by atoms with Gasteiger partial charge in [-0.2, -0.15) is 0 Å². The number of unbranched alkanes of at least 4 members (excludes halogenated alkanes) is 4. The van der Waals surface area contributed by atoms with Gasteiger partial charge in [-0.05, 0) is 31.4 Å². The van der Waals surface area contributed by atoms with E-state index in [4.69, 9.17) is 4.74 Å². The SMILES string of the molecule is CCCCCNC1(OC)C(=O)N2C(C(=O)O)=C(CCCCC)CS[C@H]21. The molecule has 2 atom stereocenters. The van der Waals surface area contributed by atoms with E-state index in [2.05, 4.69) is 19.2 Å². The lowest BCUT2D eigenvalue weighted by Crippen LogP contribution is -2.80. The van der Waals surface area contributed by atoms with Crippen molar-refractivity contribution >= 4 is 23.6 Å². The molecule has 0 aromatic carbocycles. The zero-order chi connectivity index (χ0) is 18.4. The van der Waals surface area contributed by atoms with Crippen molar-refractivity contribution in [1.82, 2.24) is 10.2 Å². The second-order valence-corrected chi connectivity index (χ2v) is 7.70. The number of hydrogen-bond acceptors (Lipinski definition) is 5. The molecular weight excluding hydrogens is 340 g/mol. The summed E-state index contributed by atoms with van der Waals surface area (Å²) in [6.07, 6.45) is 7.01. The predicted molar refractivity (Wildman–Crippen MR) is 99.2 cm³/mol. The number of amides is 1. The number of aliphatic carboxylic acids is 1. The number of ether oxygens (including phenoxy) is 1. The van der Waals surface area contributed by atoms with Crippen LogP contribution in [0.15, 0.2) is 11.3 Å². The first-order valence-electron chi connectivity index (χ1n) is 9.24. The number of rotatable bonds is 11. The summed E-state index contributed by atoms with van der Waals surface area (Å²) in [5.41, 5.74) is -0.0484. The fourth-order valence-electron chi connectivity index (χ4n) is 3.44. The highest BCUT2D eigenvalue weighted by molar-refractivity contribution is 8.00. The molecular formula is C18H30N2O4S. The Hall–Kier alpha value is -1.05. The molecule has 1 amide bonds. The number of fused-ring (bicyclic) bond motifs is 1. The summed E-state index contributed by atoms with van der Waals surface area (Å²) < 4.78 is 5.56. The number of nitrogens with one attached hydrogen (secondary N) is 1. The highest BCUT2D eigenvalue weighted by atomic mass is 32.2. The van der Waals surface area contributed by atoms with Crippen LogP contribution in [0.5, 0.6) is 0 Å². The van der Waals surface area contributed by atoms with E-state index in [1.165, 1.54) is 12.0 Å². The predicted octanol–water partition coefficient (Wildman–Crippen LogP) is 2.94. The lowest BCUT2D eigenvalue weighted by atomic mass is 9.96. The average molecular weight is 371 g/mol. The molecule has 2 aliphatic heterocycles. The van der Waals surface area contributed by atoms with E-state index in [0.29, 0.717) is 12.3 Å². The van der Waals surface area contributed by atoms with Crippen molar-refractivity contribution in [2.24, 2.45) is 0 Å². The Labute approximate surface area is 154 Å². The first-order chi connectivity index (χ1) is 12.0. The minimum Gasteiger partial charge on any atom is -0.477 e. The molecule has 142 valence electrons. The van der Waals surface area contributed by atoms with Gasteiger partial charge in [0.1, 0.15) is 11.1 Å². The van der Waals surface area contributed by atoms with E-state index in [9.17, 15) is 14.7 Å². The maximum Gasteiger partial charge on any atom is 0.352 e. The second kappa shape index (κ2) is 9.05. The maximum atomic E-state index is 12.8. The fraction of sp³-hybridized carbons (Fsp3) is 0.778. The van der Waals surface area contributed by atoms with Crippen LogP contribution in [0.1, 0.15) is 58.8 Å². The van der Waals surface area contributed by atoms with Gasteiger partial charge in [-0.15, -0.1) is 11.8 Å². The third-order valence-electron chi connectivity index (χ3n) is 4.88.